The molecular weight excluding hydrogens is 228 g/mol. The van der Waals surface area contributed by atoms with Gasteiger partial charge in [-0.05, 0) is 50.5 Å². The third kappa shape index (κ3) is 4.41. The van der Waals surface area contributed by atoms with Crippen LogP contribution in [0, 0.1) is 25.2 Å². The summed E-state index contributed by atoms with van der Waals surface area (Å²) < 4.78 is 0. The predicted octanol–water partition coefficient (Wildman–Crippen LogP) is 3.42. The maximum atomic E-state index is 8.91. The Hall–Kier alpha value is -0.980. The molecule has 0 radical (unpaired) electrons. The molecule has 0 aliphatic heterocycles. The minimum Gasteiger partial charge on any atom is -0.314 e. The highest BCUT2D eigenvalue weighted by Gasteiger charge is 2.21. The van der Waals surface area contributed by atoms with Gasteiger partial charge in [0.1, 0.15) is 5.54 Å². The summed E-state index contributed by atoms with van der Waals surface area (Å²) in [6.45, 7) is 8.12. The number of nitriles is 1. The molecule has 0 bridgehead atoms. The Morgan fingerprint density at radius 1 is 1.41 bits per heavy atom. The maximum absolute atomic E-state index is 8.91. The second kappa shape index (κ2) is 5.57. The molecule has 17 heavy (non-hydrogen) atoms. The van der Waals surface area contributed by atoms with Gasteiger partial charge in [0.15, 0.2) is 0 Å². The number of thioether (sulfide) groups is 1. The number of nitrogens with two attached hydrogens (primary N) is 1. The fourth-order valence-electron chi connectivity index (χ4n) is 1.70. The molecule has 2 N–H and O–H groups in total. The highest BCUT2D eigenvalue weighted by molar-refractivity contribution is 7.99. The number of nitrogens with zero attached hydrogens (tertiary/aromatic N) is 1. The molecule has 2 nitrogen and oxygen atoms in total. The van der Waals surface area contributed by atoms with Crippen LogP contribution in [0.15, 0.2) is 23.1 Å². The van der Waals surface area contributed by atoms with Crippen LogP contribution in [0.3, 0.4) is 0 Å². The van der Waals surface area contributed by atoms with Crippen molar-refractivity contribution in [2.75, 3.05) is 0 Å². The van der Waals surface area contributed by atoms with E-state index < -0.39 is 5.54 Å². The van der Waals surface area contributed by atoms with Crippen LogP contribution in [-0.2, 0) is 0 Å². The van der Waals surface area contributed by atoms with Crippen LogP contribution < -0.4 is 5.73 Å². The molecule has 0 fully saturated rings. The van der Waals surface area contributed by atoms with Crippen LogP contribution in [0.2, 0.25) is 0 Å². The second-order valence-corrected chi connectivity index (χ2v) is 6.42. The Morgan fingerprint density at radius 2 is 2.06 bits per heavy atom. The van der Waals surface area contributed by atoms with Gasteiger partial charge in [0.2, 0.25) is 0 Å². The van der Waals surface area contributed by atoms with E-state index in [4.69, 9.17) is 11.0 Å². The molecule has 0 saturated heterocycles. The third-order valence-corrected chi connectivity index (χ3v) is 3.88. The fraction of sp³-hybridized carbons (Fsp3) is 0.500. The van der Waals surface area contributed by atoms with E-state index in [1.807, 2.05) is 0 Å². The first kappa shape index (κ1) is 14.1. The molecule has 2 atom stereocenters. The lowest BCUT2D eigenvalue weighted by molar-refractivity contribution is 0.545. The average molecular weight is 248 g/mol. The molecule has 0 aliphatic carbocycles. The van der Waals surface area contributed by atoms with Crippen molar-refractivity contribution in [2.24, 2.45) is 5.73 Å². The molecule has 1 rings (SSSR count). The van der Waals surface area contributed by atoms with E-state index in [-0.39, 0.29) is 0 Å². The van der Waals surface area contributed by atoms with Crippen molar-refractivity contribution in [3.8, 4) is 6.07 Å². The van der Waals surface area contributed by atoms with E-state index >= 15 is 0 Å². The molecule has 92 valence electrons. The highest BCUT2D eigenvalue weighted by atomic mass is 32.2. The number of aryl methyl sites for hydroxylation is 2. The lowest BCUT2D eigenvalue weighted by Gasteiger charge is -2.20. The van der Waals surface area contributed by atoms with E-state index in [2.05, 4.69) is 45.0 Å². The SMILES string of the molecule is Cc1ccc(SC(C)CC(C)(N)C#N)cc1C. The van der Waals surface area contributed by atoms with Gasteiger partial charge in [0.05, 0.1) is 6.07 Å². The van der Waals surface area contributed by atoms with Crippen molar-refractivity contribution in [1.29, 1.82) is 5.26 Å². The van der Waals surface area contributed by atoms with Crippen LogP contribution in [0.25, 0.3) is 0 Å². The zero-order valence-electron chi connectivity index (χ0n) is 10.9. The van der Waals surface area contributed by atoms with Gasteiger partial charge in [-0.1, -0.05) is 13.0 Å². The molecular formula is C14H20N2S. The van der Waals surface area contributed by atoms with E-state index in [1.54, 1.807) is 18.7 Å². The van der Waals surface area contributed by atoms with Crippen molar-refractivity contribution < 1.29 is 0 Å². The predicted molar refractivity (Wildman–Crippen MR) is 74.1 cm³/mol. The van der Waals surface area contributed by atoms with Crippen LogP contribution in [0.5, 0.6) is 0 Å². The Labute approximate surface area is 108 Å². The lowest BCUT2D eigenvalue weighted by atomic mass is 10.00. The van der Waals surface area contributed by atoms with Gasteiger partial charge >= 0.3 is 0 Å². The topological polar surface area (TPSA) is 49.8 Å². The normalized spacial score (nSPS) is 16.0. The Morgan fingerprint density at radius 3 is 2.59 bits per heavy atom. The van der Waals surface area contributed by atoms with Gasteiger partial charge < -0.3 is 5.73 Å². The molecule has 3 heteroatoms. The van der Waals surface area contributed by atoms with E-state index in [9.17, 15) is 0 Å². The average Bonchev–Trinajstić information content (AvgIpc) is 2.23. The highest BCUT2D eigenvalue weighted by Crippen LogP contribution is 2.29. The summed E-state index contributed by atoms with van der Waals surface area (Å²) in [6.07, 6.45) is 0.696. The summed E-state index contributed by atoms with van der Waals surface area (Å²) in [5.74, 6) is 0. The fourth-order valence-corrected chi connectivity index (χ4v) is 2.99. The van der Waals surface area contributed by atoms with Crippen molar-refractivity contribution in [1.82, 2.24) is 0 Å². The van der Waals surface area contributed by atoms with Crippen LogP contribution >= 0.6 is 11.8 Å². The molecule has 0 amide bonds. The van der Waals surface area contributed by atoms with Gasteiger partial charge in [0, 0.05) is 10.1 Å². The first-order valence-corrected chi connectivity index (χ1v) is 6.66. The third-order valence-electron chi connectivity index (χ3n) is 2.78. The number of hydrogen-bond donors (Lipinski definition) is 1. The molecule has 0 aliphatic rings. The van der Waals surface area contributed by atoms with Gasteiger partial charge in [-0.2, -0.15) is 5.26 Å². The number of benzene rings is 1. The smallest absolute Gasteiger partial charge is 0.102 e. The Kier molecular flexibility index (Phi) is 4.62. The van der Waals surface area contributed by atoms with E-state index in [0.717, 1.165) is 0 Å². The van der Waals surface area contributed by atoms with Gasteiger partial charge in [0.25, 0.3) is 0 Å². The zero-order valence-corrected chi connectivity index (χ0v) is 11.8. The summed E-state index contributed by atoms with van der Waals surface area (Å²) in [6, 6.07) is 8.60. The summed E-state index contributed by atoms with van der Waals surface area (Å²) in [7, 11) is 0. The Balaban J connectivity index is 2.66. The minimum absolute atomic E-state index is 0.340. The van der Waals surface area contributed by atoms with Crippen molar-refractivity contribution in [3.63, 3.8) is 0 Å². The van der Waals surface area contributed by atoms with Crippen molar-refractivity contribution >= 4 is 11.8 Å². The molecule has 1 aromatic carbocycles. The lowest BCUT2D eigenvalue weighted by Crippen LogP contribution is -2.36. The summed E-state index contributed by atoms with van der Waals surface area (Å²) in [5, 5.41) is 9.24. The van der Waals surface area contributed by atoms with Crippen LogP contribution in [0.4, 0.5) is 0 Å². The molecule has 0 spiro atoms. The van der Waals surface area contributed by atoms with E-state index in [0.29, 0.717) is 11.7 Å². The molecule has 0 aromatic heterocycles. The number of rotatable bonds is 4. The largest absolute Gasteiger partial charge is 0.314 e. The quantitative estimate of drug-likeness (QED) is 0.831. The molecule has 1 aromatic rings. The first-order valence-electron chi connectivity index (χ1n) is 5.78. The Bertz CT molecular complexity index is 432. The monoisotopic (exact) mass is 248 g/mol. The first-order chi connectivity index (χ1) is 7.84. The molecule has 0 heterocycles. The molecule has 2 unspecified atom stereocenters. The van der Waals surface area contributed by atoms with Gasteiger partial charge in [-0.3, -0.25) is 0 Å². The summed E-state index contributed by atoms with van der Waals surface area (Å²) >= 11 is 1.78. The van der Waals surface area contributed by atoms with Crippen LogP contribution in [0.1, 0.15) is 31.4 Å². The van der Waals surface area contributed by atoms with Crippen molar-refractivity contribution in [3.05, 3.63) is 29.3 Å². The van der Waals surface area contributed by atoms with Crippen LogP contribution in [-0.4, -0.2) is 10.8 Å². The zero-order chi connectivity index (χ0) is 13.1. The maximum Gasteiger partial charge on any atom is 0.102 e. The number of hydrogen-bond acceptors (Lipinski definition) is 3. The van der Waals surface area contributed by atoms with Gasteiger partial charge in [-0.15, -0.1) is 11.8 Å². The van der Waals surface area contributed by atoms with Gasteiger partial charge in [-0.25, -0.2) is 0 Å². The minimum atomic E-state index is -0.730. The van der Waals surface area contributed by atoms with Crippen molar-refractivity contribution in [2.45, 2.75) is 49.8 Å². The molecule has 0 saturated carbocycles. The summed E-state index contributed by atoms with van der Waals surface area (Å²) in [4.78, 5) is 1.24. The summed E-state index contributed by atoms with van der Waals surface area (Å²) in [5.41, 5.74) is 7.73. The second-order valence-electron chi connectivity index (χ2n) is 4.91. The van der Waals surface area contributed by atoms with E-state index in [1.165, 1.54) is 16.0 Å². The standard InChI is InChI=1S/C14H20N2S/c1-10-5-6-13(7-11(10)2)17-12(3)8-14(4,16)9-15/h5-7,12H,8,16H2,1-4H3.